The van der Waals surface area contributed by atoms with Gasteiger partial charge in [-0.3, -0.25) is 0 Å². The van der Waals surface area contributed by atoms with E-state index in [0.29, 0.717) is 11.5 Å². The molecule has 1 aliphatic carbocycles. The molecule has 1 saturated carbocycles. The summed E-state index contributed by atoms with van der Waals surface area (Å²) >= 11 is 0. The maximum atomic E-state index is 5.52. The number of likely N-dealkylation sites (N-methyl/N-ethyl adjacent to an activating group) is 1. The fourth-order valence-electron chi connectivity index (χ4n) is 3.64. The van der Waals surface area contributed by atoms with Crippen LogP contribution in [-0.2, 0) is 9.47 Å². The Morgan fingerprint density at radius 2 is 2.06 bits per heavy atom. The second-order valence-corrected chi connectivity index (χ2v) is 6.24. The molecular formula is C15H29NO2. The molecule has 2 rings (SSSR count). The van der Waals surface area contributed by atoms with Crippen molar-refractivity contribution in [2.75, 3.05) is 40.5 Å². The molecule has 106 valence electrons. The van der Waals surface area contributed by atoms with E-state index in [1.54, 1.807) is 0 Å². The van der Waals surface area contributed by atoms with Crippen molar-refractivity contribution in [3.63, 3.8) is 0 Å². The van der Waals surface area contributed by atoms with E-state index in [-0.39, 0.29) is 0 Å². The lowest BCUT2D eigenvalue weighted by molar-refractivity contribution is 0.0525. The monoisotopic (exact) mass is 255 g/mol. The van der Waals surface area contributed by atoms with Gasteiger partial charge in [-0.1, -0.05) is 19.3 Å². The van der Waals surface area contributed by atoms with Crippen molar-refractivity contribution in [1.82, 2.24) is 4.90 Å². The largest absolute Gasteiger partial charge is 0.385 e. The Morgan fingerprint density at radius 1 is 1.28 bits per heavy atom. The van der Waals surface area contributed by atoms with Crippen LogP contribution in [0.3, 0.4) is 0 Å². The highest BCUT2D eigenvalue weighted by molar-refractivity contribution is 4.87. The number of hydrogen-bond donors (Lipinski definition) is 0. The fourth-order valence-corrected chi connectivity index (χ4v) is 3.64. The van der Waals surface area contributed by atoms with Crippen molar-refractivity contribution < 1.29 is 9.47 Å². The van der Waals surface area contributed by atoms with E-state index in [4.69, 9.17) is 9.47 Å². The van der Waals surface area contributed by atoms with Gasteiger partial charge >= 0.3 is 0 Å². The van der Waals surface area contributed by atoms with Crippen LogP contribution in [0.2, 0.25) is 0 Å². The van der Waals surface area contributed by atoms with Gasteiger partial charge in [-0.05, 0) is 38.1 Å². The SMILES string of the molecule is COCCC1(CN(C)[C@@H]2CCOC2)CCCCC1. The summed E-state index contributed by atoms with van der Waals surface area (Å²) in [6, 6.07) is 0.645. The third-order valence-electron chi connectivity index (χ3n) is 4.86. The van der Waals surface area contributed by atoms with Crippen molar-refractivity contribution in [3.05, 3.63) is 0 Å². The molecule has 0 aromatic heterocycles. The number of methoxy groups -OCH3 is 1. The highest BCUT2D eigenvalue weighted by atomic mass is 16.5. The summed E-state index contributed by atoms with van der Waals surface area (Å²) in [5, 5.41) is 0. The molecule has 2 fully saturated rings. The molecule has 0 amide bonds. The molecule has 0 aromatic carbocycles. The topological polar surface area (TPSA) is 21.7 Å². The van der Waals surface area contributed by atoms with Gasteiger partial charge in [-0.25, -0.2) is 0 Å². The molecule has 0 aromatic rings. The molecule has 0 bridgehead atoms. The molecule has 0 spiro atoms. The Morgan fingerprint density at radius 3 is 2.67 bits per heavy atom. The van der Waals surface area contributed by atoms with Crippen LogP contribution in [0.25, 0.3) is 0 Å². The van der Waals surface area contributed by atoms with Gasteiger partial charge in [-0.2, -0.15) is 0 Å². The Kier molecular flexibility index (Phi) is 5.46. The number of ether oxygens (including phenoxy) is 2. The van der Waals surface area contributed by atoms with Gasteiger partial charge in [0, 0.05) is 32.9 Å². The van der Waals surface area contributed by atoms with Crippen LogP contribution in [0.1, 0.15) is 44.9 Å². The molecular weight excluding hydrogens is 226 g/mol. The molecule has 2 aliphatic rings. The van der Waals surface area contributed by atoms with E-state index in [9.17, 15) is 0 Å². The van der Waals surface area contributed by atoms with Crippen molar-refractivity contribution in [2.24, 2.45) is 5.41 Å². The molecule has 1 atom stereocenters. The number of hydrogen-bond acceptors (Lipinski definition) is 3. The smallest absolute Gasteiger partial charge is 0.0622 e. The lowest BCUT2D eigenvalue weighted by Gasteiger charge is -2.41. The quantitative estimate of drug-likeness (QED) is 0.728. The van der Waals surface area contributed by atoms with E-state index >= 15 is 0 Å². The summed E-state index contributed by atoms with van der Waals surface area (Å²) in [6.45, 7) is 4.01. The normalized spacial score (nSPS) is 27.8. The zero-order valence-corrected chi connectivity index (χ0v) is 12.1. The average Bonchev–Trinajstić information content (AvgIpc) is 2.91. The fraction of sp³-hybridized carbons (Fsp3) is 1.00. The molecule has 0 radical (unpaired) electrons. The molecule has 0 unspecified atom stereocenters. The second-order valence-electron chi connectivity index (χ2n) is 6.24. The van der Waals surface area contributed by atoms with Gasteiger partial charge in [0.05, 0.1) is 6.61 Å². The summed E-state index contributed by atoms with van der Waals surface area (Å²) < 4.78 is 10.8. The van der Waals surface area contributed by atoms with E-state index in [2.05, 4.69) is 11.9 Å². The van der Waals surface area contributed by atoms with Crippen molar-refractivity contribution in [3.8, 4) is 0 Å². The van der Waals surface area contributed by atoms with E-state index in [0.717, 1.165) is 19.8 Å². The molecule has 1 saturated heterocycles. The van der Waals surface area contributed by atoms with Crippen LogP contribution in [0, 0.1) is 5.41 Å². The zero-order chi connectivity index (χ0) is 12.8. The zero-order valence-electron chi connectivity index (χ0n) is 12.1. The van der Waals surface area contributed by atoms with Gasteiger partial charge in [0.2, 0.25) is 0 Å². The minimum absolute atomic E-state index is 0.506. The van der Waals surface area contributed by atoms with Crippen molar-refractivity contribution in [2.45, 2.75) is 51.0 Å². The second kappa shape index (κ2) is 6.88. The van der Waals surface area contributed by atoms with Crippen molar-refractivity contribution >= 4 is 0 Å². The van der Waals surface area contributed by atoms with E-state index in [1.165, 1.54) is 51.5 Å². The first kappa shape index (κ1) is 14.3. The highest BCUT2D eigenvalue weighted by Crippen LogP contribution is 2.40. The summed E-state index contributed by atoms with van der Waals surface area (Å²) in [7, 11) is 4.10. The predicted molar refractivity (Wildman–Crippen MR) is 73.9 cm³/mol. The first-order valence-electron chi connectivity index (χ1n) is 7.53. The summed E-state index contributed by atoms with van der Waals surface area (Å²) in [4.78, 5) is 2.55. The molecule has 0 N–H and O–H groups in total. The van der Waals surface area contributed by atoms with E-state index < -0.39 is 0 Å². The van der Waals surface area contributed by atoms with Gasteiger partial charge in [0.1, 0.15) is 0 Å². The Hall–Kier alpha value is -0.120. The van der Waals surface area contributed by atoms with Gasteiger partial charge < -0.3 is 14.4 Å². The Labute approximate surface area is 112 Å². The highest BCUT2D eigenvalue weighted by Gasteiger charge is 2.34. The van der Waals surface area contributed by atoms with Gasteiger partial charge in [-0.15, -0.1) is 0 Å². The summed E-state index contributed by atoms with van der Waals surface area (Å²) in [5.41, 5.74) is 0.506. The Bertz CT molecular complexity index is 233. The minimum atomic E-state index is 0.506. The predicted octanol–water partition coefficient (Wildman–Crippen LogP) is 2.69. The molecule has 18 heavy (non-hydrogen) atoms. The third-order valence-corrected chi connectivity index (χ3v) is 4.86. The van der Waals surface area contributed by atoms with Crippen LogP contribution in [0.5, 0.6) is 0 Å². The molecule has 1 heterocycles. The average molecular weight is 255 g/mol. The summed E-state index contributed by atoms with van der Waals surface area (Å²) in [6.07, 6.45) is 9.42. The van der Waals surface area contributed by atoms with Gasteiger partial charge in [0.25, 0.3) is 0 Å². The van der Waals surface area contributed by atoms with Crippen LogP contribution in [0.15, 0.2) is 0 Å². The lowest BCUT2D eigenvalue weighted by Crippen LogP contribution is -2.43. The maximum Gasteiger partial charge on any atom is 0.0622 e. The first-order chi connectivity index (χ1) is 8.76. The molecule has 1 aliphatic heterocycles. The van der Waals surface area contributed by atoms with Crippen LogP contribution in [0.4, 0.5) is 0 Å². The molecule has 3 nitrogen and oxygen atoms in total. The number of nitrogens with zero attached hydrogens (tertiary/aromatic N) is 1. The minimum Gasteiger partial charge on any atom is -0.385 e. The van der Waals surface area contributed by atoms with Crippen LogP contribution >= 0.6 is 0 Å². The van der Waals surface area contributed by atoms with Gasteiger partial charge in [0.15, 0.2) is 0 Å². The number of rotatable bonds is 6. The maximum absolute atomic E-state index is 5.52. The van der Waals surface area contributed by atoms with Crippen LogP contribution < -0.4 is 0 Å². The third kappa shape index (κ3) is 3.69. The standard InChI is InChI=1S/C15H29NO2/c1-16(14-6-10-18-12-14)13-15(9-11-17-2)7-4-3-5-8-15/h14H,3-13H2,1-2H3/t14-/m1/s1. The summed E-state index contributed by atoms with van der Waals surface area (Å²) in [5.74, 6) is 0. The Balaban J connectivity index is 1.90. The van der Waals surface area contributed by atoms with Crippen molar-refractivity contribution in [1.29, 1.82) is 0 Å². The van der Waals surface area contributed by atoms with E-state index in [1.807, 2.05) is 7.11 Å². The molecule has 3 heteroatoms. The van der Waals surface area contributed by atoms with Crippen LogP contribution in [-0.4, -0.2) is 51.5 Å². The lowest BCUT2D eigenvalue weighted by atomic mass is 9.71. The first-order valence-corrected chi connectivity index (χ1v) is 7.53.